The van der Waals surface area contributed by atoms with Crippen molar-refractivity contribution >= 4 is 11.3 Å². The first-order valence-electron chi connectivity index (χ1n) is 4.71. The summed E-state index contributed by atoms with van der Waals surface area (Å²) in [6, 6.07) is 8.60. The molecule has 0 aliphatic heterocycles. The third kappa shape index (κ3) is 2.20. The molecular formula is C12H13NS. The van der Waals surface area contributed by atoms with Gasteiger partial charge in [0.1, 0.15) is 0 Å². The molecule has 1 aromatic heterocycles. The summed E-state index contributed by atoms with van der Waals surface area (Å²) in [6.07, 6.45) is 2.90. The fourth-order valence-electron chi connectivity index (χ4n) is 1.48. The average molecular weight is 203 g/mol. The van der Waals surface area contributed by atoms with Crippen molar-refractivity contribution in [1.82, 2.24) is 4.98 Å². The molecule has 2 rings (SSSR count). The maximum Gasteiger partial charge on any atom is 0.0971 e. The number of thiazole rings is 1. The Morgan fingerprint density at radius 3 is 2.79 bits per heavy atom. The van der Waals surface area contributed by atoms with Gasteiger partial charge < -0.3 is 0 Å². The Bertz CT molecular complexity index is 431. The van der Waals surface area contributed by atoms with Crippen LogP contribution in [0.1, 0.15) is 21.0 Å². The topological polar surface area (TPSA) is 12.9 Å². The van der Waals surface area contributed by atoms with Crippen LogP contribution in [0.15, 0.2) is 30.5 Å². The van der Waals surface area contributed by atoms with Crippen molar-refractivity contribution in [2.24, 2.45) is 0 Å². The quantitative estimate of drug-likeness (QED) is 0.729. The van der Waals surface area contributed by atoms with Gasteiger partial charge >= 0.3 is 0 Å². The molecule has 0 aliphatic rings. The second kappa shape index (κ2) is 3.93. The van der Waals surface area contributed by atoms with Crippen molar-refractivity contribution in [3.8, 4) is 0 Å². The second-order valence-corrected chi connectivity index (χ2v) is 4.85. The summed E-state index contributed by atoms with van der Waals surface area (Å²) < 4.78 is 0. The van der Waals surface area contributed by atoms with Crippen LogP contribution in [0.2, 0.25) is 0 Å². The number of rotatable bonds is 2. The number of aryl methyl sites for hydroxylation is 2. The van der Waals surface area contributed by atoms with E-state index < -0.39 is 0 Å². The SMILES string of the molecule is Cc1cccc(Cc2ncc(C)s2)c1. The van der Waals surface area contributed by atoms with Crippen LogP contribution in [0.5, 0.6) is 0 Å². The Hall–Kier alpha value is -1.15. The molecule has 0 atom stereocenters. The van der Waals surface area contributed by atoms with E-state index >= 15 is 0 Å². The van der Waals surface area contributed by atoms with Gasteiger partial charge in [0.25, 0.3) is 0 Å². The monoisotopic (exact) mass is 203 g/mol. The van der Waals surface area contributed by atoms with Crippen LogP contribution in [0, 0.1) is 13.8 Å². The Morgan fingerprint density at radius 2 is 2.14 bits per heavy atom. The van der Waals surface area contributed by atoms with Gasteiger partial charge in [-0.25, -0.2) is 4.98 Å². The van der Waals surface area contributed by atoms with E-state index in [1.54, 1.807) is 11.3 Å². The zero-order chi connectivity index (χ0) is 9.97. The largest absolute Gasteiger partial charge is 0.249 e. The summed E-state index contributed by atoms with van der Waals surface area (Å²) in [5, 5.41) is 1.20. The normalized spacial score (nSPS) is 10.4. The maximum atomic E-state index is 4.36. The molecule has 0 unspecified atom stereocenters. The molecule has 0 spiro atoms. The standard InChI is InChI=1S/C12H13NS/c1-9-4-3-5-11(6-9)7-12-13-8-10(2)14-12/h3-6,8H,7H2,1-2H3. The molecular weight excluding hydrogens is 190 g/mol. The zero-order valence-electron chi connectivity index (χ0n) is 8.45. The molecule has 0 aliphatic carbocycles. The fraction of sp³-hybridized carbons (Fsp3) is 0.250. The van der Waals surface area contributed by atoms with Crippen molar-refractivity contribution in [2.75, 3.05) is 0 Å². The van der Waals surface area contributed by atoms with E-state index in [2.05, 4.69) is 43.1 Å². The van der Waals surface area contributed by atoms with E-state index in [0.29, 0.717) is 0 Å². The predicted octanol–water partition coefficient (Wildman–Crippen LogP) is 3.35. The van der Waals surface area contributed by atoms with Crippen LogP contribution in [0.25, 0.3) is 0 Å². The van der Waals surface area contributed by atoms with Gasteiger partial charge in [-0.2, -0.15) is 0 Å². The van der Waals surface area contributed by atoms with Gasteiger partial charge in [0, 0.05) is 17.5 Å². The summed E-state index contributed by atoms with van der Waals surface area (Å²) in [7, 11) is 0. The van der Waals surface area contributed by atoms with Crippen molar-refractivity contribution in [1.29, 1.82) is 0 Å². The lowest BCUT2D eigenvalue weighted by Gasteiger charge is -1.98. The molecule has 0 radical (unpaired) electrons. The molecule has 1 heterocycles. The van der Waals surface area contributed by atoms with Gasteiger partial charge in [-0.3, -0.25) is 0 Å². The third-order valence-corrected chi connectivity index (χ3v) is 3.02. The molecule has 1 aromatic carbocycles. The highest BCUT2D eigenvalue weighted by Gasteiger charge is 2.00. The lowest BCUT2D eigenvalue weighted by atomic mass is 10.1. The highest BCUT2D eigenvalue weighted by atomic mass is 32.1. The zero-order valence-corrected chi connectivity index (χ0v) is 9.27. The van der Waals surface area contributed by atoms with E-state index in [4.69, 9.17) is 0 Å². The van der Waals surface area contributed by atoms with Crippen LogP contribution in [0.3, 0.4) is 0 Å². The number of benzene rings is 1. The molecule has 72 valence electrons. The van der Waals surface area contributed by atoms with Gasteiger partial charge in [0.2, 0.25) is 0 Å². The summed E-state index contributed by atoms with van der Waals surface area (Å²) in [6.45, 7) is 4.22. The molecule has 0 saturated carbocycles. The van der Waals surface area contributed by atoms with Crippen LogP contribution in [-0.4, -0.2) is 4.98 Å². The Labute approximate surface area is 88.4 Å². The van der Waals surface area contributed by atoms with Crippen LogP contribution >= 0.6 is 11.3 Å². The van der Waals surface area contributed by atoms with Gasteiger partial charge in [-0.1, -0.05) is 29.8 Å². The average Bonchev–Trinajstić information content (AvgIpc) is 2.51. The van der Waals surface area contributed by atoms with Crippen molar-refractivity contribution < 1.29 is 0 Å². The number of hydrogen-bond donors (Lipinski definition) is 0. The Balaban J connectivity index is 2.18. The van der Waals surface area contributed by atoms with E-state index in [-0.39, 0.29) is 0 Å². The molecule has 0 amide bonds. The van der Waals surface area contributed by atoms with E-state index in [0.717, 1.165) is 6.42 Å². The Kier molecular flexibility index (Phi) is 2.64. The molecule has 2 heteroatoms. The maximum absolute atomic E-state index is 4.36. The minimum atomic E-state index is 0.959. The van der Waals surface area contributed by atoms with E-state index in [1.165, 1.54) is 21.0 Å². The van der Waals surface area contributed by atoms with Crippen LogP contribution in [0.4, 0.5) is 0 Å². The molecule has 0 N–H and O–H groups in total. The van der Waals surface area contributed by atoms with E-state index in [9.17, 15) is 0 Å². The van der Waals surface area contributed by atoms with Gasteiger partial charge in [-0.05, 0) is 19.4 Å². The number of nitrogens with zero attached hydrogens (tertiary/aromatic N) is 1. The smallest absolute Gasteiger partial charge is 0.0971 e. The van der Waals surface area contributed by atoms with Gasteiger partial charge in [-0.15, -0.1) is 11.3 Å². The minimum absolute atomic E-state index is 0.959. The van der Waals surface area contributed by atoms with Crippen molar-refractivity contribution in [3.05, 3.63) is 51.5 Å². The van der Waals surface area contributed by atoms with Gasteiger partial charge in [0.15, 0.2) is 0 Å². The first-order chi connectivity index (χ1) is 6.74. The van der Waals surface area contributed by atoms with Crippen molar-refractivity contribution in [2.45, 2.75) is 20.3 Å². The summed E-state index contributed by atoms with van der Waals surface area (Å²) in [5.41, 5.74) is 2.66. The molecule has 2 aromatic rings. The molecule has 0 saturated heterocycles. The highest BCUT2D eigenvalue weighted by molar-refractivity contribution is 7.11. The third-order valence-electron chi connectivity index (χ3n) is 2.11. The second-order valence-electron chi connectivity index (χ2n) is 3.53. The minimum Gasteiger partial charge on any atom is -0.249 e. The molecule has 0 fully saturated rings. The number of hydrogen-bond acceptors (Lipinski definition) is 2. The first kappa shape index (κ1) is 9.41. The lowest BCUT2D eigenvalue weighted by molar-refractivity contribution is 1.13. The highest BCUT2D eigenvalue weighted by Crippen LogP contribution is 2.16. The van der Waals surface area contributed by atoms with Gasteiger partial charge in [0.05, 0.1) is 5.01 Å². The summed E-state index contributed by atoms with van der Waals surface area (Å²) in [4.78, 5) is 5.64. The fourth-order valence-corrected chi connectivity index (χ4v) is 2.30. The van der Waals surface area contributed by atoms with Crippen molar-refractivity contribution in [3.63, 3.8) is 0 Å². The first-order valence-corrected chi connectivity index (χ1v) is 5.52. The Morgan fingerprint density at radius 1 is 1.29 bits per heavy atom. The predicted molar refractivity (Wildman–Crippen MR) is 60.8 cm³/mol. The summed E-state index contributed by atoms with van der Waals surface area (Å²) in [5.74, 6) is 0. The lowest BCUT2D eigenvalue weighted by Crippen LogP contribution is -1.86. The number of aromatic nitrogens is 1. The van der Waals surface area contributed by atoms with Crippen LogP contribution in [-0.2, 0) is 6.42 Å². The van der Waals surface area contributed by atoms with Crippen LogP contribution < -0.4 is 0 Å². The molecule has 1 nitrogen and oxygen atoms in total. The summed E-state index contributed by atoms with van der Waals surface area (Å²) >= 11 is 1.78. The molecule has 14 heavy (non-hydrogen) atoms. The molecule has 0 bridgehead atoms. The van der Waals surface area contributed by atoms with E-state index in [1.807, 2.05) is 6.20 Å².